The molecule has 2 aromatic carbocycles. The summed E-state index contributed by atoms with van der Waals surface area (Å²) < 4.78 is 36.8. The SMILES string of the molecule is CC(Nc1cc(S(C)(=O)=O)ccc1F)c1cccc(O)c1. The molecule has 0 aliphatic carbocycles. The maximum Gasteiger partial charge on any atom is 0.175 e. The highest BCUT2D eigenvalue weighted by molar-refractivity contribution is 7.90. The molecule has 2 rings (SSSR count). The zero-order chi connectivity index (χ0) is 15.6. The first-order valence-corrected chi connectivity index (χ1v) is 8.21. The summed E-state index contributed by atoms with van der Waals surface area (Å²) in [6.45, 7) is 1.79. The fourth-order valence-corrected chi connectivity index (χ4v) is 2.60. The normalized spacial score (nSPS) is 12.9. The summed E-state index contributed by atoms with van der Waals surface area (Å²) in [7, 11) is -3.40. The molecule has 0 aliphatic rings. The predicted molar refractivity (Wildman–Crippen MR) is 79.7 cm³/mol. The van der Waals surface area contributed by atoms with Gasteiger partial charge in [-0.2, -0.15) is 0 Å². The van der Waals surface area contributed by atoms with Gasteiger partial charge in [0.05, 0.1) is 10.6 Å². The van der Waals surface area contributed by atoms with Crippen LogP contribution in [-0.2, 0) is 9.84 Å². The molecule has 0 fully saturated rings. The fourth-order valence-electron chi connectivity index (χ4n) is 1.96. The summed E-state index contributed by atoms with van der Waals surface area (Å²) >= 11 is 0. The minimum Gasteiger partial charge on any atom is -0.508 e. The molecule has 0 saturated carbocycles. The molecule has 0 amide bonds. The number of hydrogen-bond donors (Lipinski definition) is 2. The number of rotatable bonds is 4. The van der Waals surface area contributed by atoms with Crippen molar-refractivity contribution in [1.29, 1.82) is 0 Å². The van der Waals surface area contributed by atoms with Gasteiger partial charge in [0.2, 0.25) is 0 Å². The van der Waals surface area contributed by atoms with E-state index >= 15 is 0 Å². The summed E-state index contributed by atoms with van der Waals surface area (Å²) in [5, 5.41) is 12.4. The van der Waals surface area contributed by atoms with Gasteiger partial charge in [0.25, 0.3) is 0 Å². The number of benzene rings is 2. The summed E-state index contributed by atoms with van der Waals surface area (Å²) in [6, 6.07) is 9.91. The molecular weight excluding hydrogens is 293 g/mol. The summed E-state index contributed by atoms with van der Waals surface area (Å²) in [5.74, 6) is -0.416. The van der Waals surface area contributed by atoms with E-state index in [9.17, 15) is 17.9 Å². The summed E-state index contributed by atoms with van der Waals surface area (Å²) in [5.41, 5.74) is 0.868. The highest BCUT2D eigenvalue weighted by Crippen LogP contribution is 2.25. The topological polar surface area (TPSA) is 66.4 Å². The maximum absolute atomic E-state index is 13.8. The van der Waals surface area contributed by atoms with Gasteiger partial charge in [-0.3, -0.25) is 0 Å². The summed E-state index contributed by atoms with van der Waals surface area (Å²) in [6.07, 6.45) is 1.07. The van der Waals surface area contributed by atoms with E-state index in [4.69, 9.17) is 0 Å². The van der Waals surface area contributed by atoms with Gasteiger partial charge in [-0.25, -0.2) is 12.8 Å². The molecule has 0 spiro atoms. The molecule has 0 saturated heterocycles. The van der Waals surface area contributed by atoms with Crippen molar-refractivity contribution < 1.29 is 17.9 Å². The van der Waals surface area contributed by atoms with Crippen LogP contribution >= 0.6 is 0 Å². The van der Waals surface area contributed by atoms with Gasteiger partial charge in [0, 0.05) is 12.3 Å². The van der Waals surface area contributed by atoms with Crippen molar-refractivity contribution in [3.05, 3.63) is 53.8 Å². The molecule has 0 bridgehead atoms. The van der Waals surface area contributed by atoms with E-state index in [0.717, 1.165) is 17.9 Å². The molecule has 21 heavy (non-hydrogen) atoms. The molecule has 2 N–H and O–H groups in total. The van der Waals surface area contributed by atoms with E-state index in [1.165, 1.54) is 12.1 Å². The van der Waals surface area contributed by atoms with Crippen LogP contribution in [0.3, 0.4) is 0 Å². The number of anilines is 1. The Morgan fingerprint density at radius 2 is 1.90 bits per heavy atom. The third-order valence-corrected chi connectivity index (χ3v) is 4.22. The van der Waals surface area contributed by atoms with Crippen LogP contribution in [0.15, 0.2) is 47.4 Å². The Morgan fingerprint density at radius 1 is 1.19 bits per heavy atom. The van der Waals surface area contributed by atoms with E-state index in [1.807, 2.05) is 0 Å². The smallest absolute Gasteiger partial charge is 0.175 e. The third-order valence-electron chi connectivity index (χ3n) is 3.11. The molecule has 0 radical (unpaired) electrons. The molecule has 0 aromatic heterocycles. The van der Waals surface area contributed by atoms with Crippen molar-refractivity contribution in [2.24, 2.45) is 0 Å². The van der Waals surface area contributed by atoms with Gasteiger partial charge in [0.15, 0.2) is 9.84 Å². The minimum absolute atomic E-state index is 0.0505. The molecule has 112 valence electrons. The monoisotopic (exact) mass is 309 g/mol. The second-order valence-electron chi connectivity index (χ2n) is 4.87. The number of hydrogen-bond acceptors (Lipinski definition) is 4. The Balaban J connectivity index is 2.31. The highest BCUT2D eigenvalue weighted by atomic mass is 32.2. The van der Waals surface area contributed by atoms with Crippen LogP contribution in [0.1, 0.15) is 18.5 Å². The van der Waals surface area contributed by atoms with Crippen LogP contribution < -0.4 is 5.32 Å². The number of phenolic OH excluding ortho intramolecular Hbond substituents is 1. The Morgan fingerprint density at radius 3 is 2.52 bits per heavy atom. The number of aromatic hydroxyl groups is 1. The predicted octanol–water partition coefficient (Wildman–Crippen LogP) is 3.11. The zero-order valence-electron chi connectivity index (χ0n) is 11.7. The van der Waals surface area contributed by atoms with Crippen molar-refractivity contribution >= 4 is 15.5 Å². The van der Waals surface area contributed by atoms with Gasteiger partial charge in [0.1, 0.15) is 11.6 Å². The molecule has 6 heteroatoms. The molecule has 1 atom stereocenters. The van der Waals surface area contributed by atoms with Crippen LogP contribution in [-0.4, -0.2) is 19.8 Å². The average molecular weight is 309 g/mol. The lowest BCUT2D eigenvalue weighted by Crippen LogP contribution is -2.09. The van der Waals surface area contributed by atoms with Crippen molar-refractivity contribution in [2.45, 2.75) is 17.9 Å². The highest BCUT2D eigenvalue weighted by Gasteiger charge is 2.13. The first kappa shape index (κ1) is 15.3. The Bertz CT molecular complexity index is 759. The van der Waals surface area contributed by atoms with Gasteiger partial charge in [-0.15, -0.1) is 0 Å². The zero-order valence-corrected chi connectivity index (χ0v) is 12.5. The first-order valence-electron chi connectivity index (χ1n) is 6.32. The van der Waals surface area contributed by atoms with Crippen LogP contribution in [0.2, 0.25) is 0 Å². The minimum atomic E-state index is -3.40. The number of halogens is 1. The van der Waals surface area contributed by atoms with E-state index in [1.54, 1.807) is 31.2 Å². The Hall–Kier alpha value is -2.08. The summed E-state index contributed by atoms with van der Waals surface area (Å²) in [4.78, 5) is 0.0505. The quantitative estimate of drug-likeness (QED) is 0.852. The number of phenols is 1. The third kappa shape index (κ3) is 3.72. The fraction of sp³-hybridized carbons (Fsp3) is 0.200. The van der Waals surface area contributed by atoms with Crippen molar-refractivity contribution in [3.63, 3.8) is 0 Å². The molecular formula is C15H16FNO3S. The maximum atomic E-state index is 13.8. The lowest BCUT2D eigenvalue weighted by molar-refractivity contribution is 0.474. The van der Waals surface area contributed by atoms with Gasteiger partial charge >= 0.3 is 0 Å². The second-order valence-corrected chi connectivity index (χ2v) is 6.89. The Labute approximate surface area is 123 Å². The molecule has 1 unspecified atom stereocenters. The van der Waals surface area contributed by atoms with Crippen molar-refractivity contribution in [2.75, 3.05) is 11.6 Å². The van der Waals surface area contributed by atoms with Crippen LogP contribution in [0.25, 0.3) is 0 Å². The lowest BCUT2D eigenvalue weighted by Gasteiger charge is -2.17. The van der Waals surface area contributed by atoms with Gasteiger partial charge < -0.3 is 10.4 Å². The average Bonchev–Trinajstić information content (AvgIpc) is 2.40. The number of nitrogens with one attached hydrogen (secondary N) is 1. The first-order chi connectivity index (χ1) is 9.77. The molecule has 0 aliphatic heterocycles. The van der Waals surface area contributed by atoms with E-state index in [0.29, 0.717) is 0 Å². The molecule has 2 aromatic rings. The van der Waals surface area contributed by atoms with Crippen molar-refractivity contribution in [1.82, 2.24) is 0 Å². The lowest BCUT2D eigenvalue weighted by atomic mass is 10.1. The van der Waals surface area contributed by atoms with Gasteiger partial charge in [-0.1, -0.05) is 12.1 Å². The van der Waals surface area contributed by atoms with Crippen LogP contribution in [0, 0.1) is 5.82 Å². The largest absolute Gasteiger partial charge is 0.508 e. The standard InChI is InChI=1S/C15H16FNO3S/c1-10(11-4-3-5-12(18)8-11)17-15-9-13(21(2,19)20)6-7-14(15)16/h3-10,17-18H,1-2H3. The van der Waals surface area contributed by atoms with E-state index in [2.05, 4.69) is 5.32 Å². The number of sulfone groups is 1. The second kappa shape index (κ2) is 5.73. The van der Waals surface area contributed by atoms with Crippen LogP contribution in [0.5, 0.6) is 5.75 Å². The molecule has 4 nitrogen and oxygen atoms in total. The van der Waals surface area contributed by atoms with Gasteiger partial charge in [-0.05, 0) is 42.8 Å². The Kier molecular flexibility index (Phi) is 4.18. The van der Waals surface area contributed by atoms with Crippen LogP contribution in [0.4, 0.5) is 10.1 Å². The molecule has 0 heterocycles. The van der Waals surface area contributed by atoms with E-state index in [-0.39, 0.29) is 22.4 Å². The van der Waals surface area contributed by atoms with E-state index < -0.39 is 15.7 Å². The van der Waals surface area contributed by atoms with Crippen molar-refractivity contribution in [3.8, 4) is 5.75 Å².